The molecule has 0 aromatic heterocycles. The molecule has 0 aromatic carbocycles. The molecule has 142 valence electrons. The van der Waals surface area contributed by atoms with Gasteiger partial charge in [0.25, 0.3) is 0 Å². The number of rotatable bonds is 19. The van der Waals surface area contributed by atoms with Gasteiger partial charge in [0, 0.05) is 6.42 Å². The molecule has 24 heavy (non-hydrogen) atoms. The van der Waals surface area contributed by atoms with Crippen LogP contribution in [0.5, 0.6) is 0 Å². The SMILES string of the molecule is CCCCCCC/C=C/CCCCCCCCCCCCC(=O)Cl. The summed E-state index contributed by atoms with van der Waals surface area (Å²) in [6, 6.07) is 0. The van der Waals surface area contributed by atoms with Crippen molar-refractivity contribution in [2.45, 2.75) is 122 Å². The predicted molar refractivity (Wildman–Crippen MR) is 109 cm³/mol. The summed E-state index contributed by atoms with van der Waals surface area (Å²) in [5.41, 5.74) is 0. The summed E-state index contributed by atoms with van der Waals surface area (Å²) in [4.78, 5) is 10.6. The maximum atomic E-state index is 10.6. The van der Waals surface area contributed by atoms with Gasteiger partial charge in [-0.05, 0) is 43.7 Å². The Balaban J connectivity index is 3.05. The number of hydrogen-bond acceptors (Lipinski definition) is 1. The monoisotopic (exact) mass is 356 g/mol. The first-order valence-electron chi connectivity index (χ1n) is 10.6. The van der Waals surface area contributed by atoms with Crippen LogP contribution in [-0.4, -0.2) is 5.24 Å². The van der Waals surface area contributed by atoms with Crippen LogP contribution < -0.4 is 0 Å². The third-order valence-electron chi connectivity index (χ3n) is 4.64. The van der Waals surface area contributed by atoms with Crippen LogP contribution in [0.3, 0.4) is 0 Å². The quantitative estimate of drug-likeness (QED) is 0.129. The van der Waals surface area contributed by atoms with E-state index in [4.69, 9.17) is 11.6 Å². The van der Waals surface area contributed by atoms with E-state index in [1.165, 1.54) is 96.3 Å². The average Bonchev–Trinajstić information content (AvgIpc) is 2.56. The van der Waals surface area contributed by atoms with Gasteiger partial charge < -0.3 is 0 Å². The Morgan fingerprint density at radius 2 is 1.00 bits per heavy atom. The van der Waals surface area contributed by atoms with Crippen molar-refractivity contribution in [1.29, 1.82) is 0 Å². The summed E-state index contributed by atoms with van der Waals surface area (Å²) in [6.45, 7) is 2.27. The van der Waals surface area contributed by atoms with E-state index in [1.54, 1.807) is 0 Å². The zero-order chi connectivity index (χ0) is 17.7. The lowest BCUT2D eigenvalue weighted by atomic mass is 10.0. The Morgan fingerprint density at radius 3 is 1.42 bits per heavy atom. The van der Waals surface area contributed by atoms with Crippen molar-refractivity contribution in [1.82, 2.24) is 0 Å². The van der Waals surface area contributed by atoms with E-state index < -0.39 is 0 Å². The van der Waals surface area contributed by atoms with Crippen LogP contribution >= 0.6 is 11.6 Å². The lowest BCUT2D eigenvalue weighted by Gasteiger charge is -2.02. The smallest absolute Gasteiger partial charge is 0.221 e. The molecule has 0 atom stereocenters. The molecule has 1 nitrogen and oxygen atoms in total. The minimum absolute atomic E-state index is 0.184. The van der Waals surface area contributed by atoms with Gasteiger partial charge in [-0.2, -0.15) is 0 Å². The minimum atomic E-state index is -0.184. The molecule has 0 saturated carbocycles. The molecule has 0 saturated heterocycles. The number of halogens is 1. The van der Waals surface area contributed by atoms with Crippen molar-refractivity contribution in [2.24, 2.45) is 0 Å². The van der Waals surface area contributed by atoms with E-state index in [0.717, 1.165) is 12.8 Å². The number of unbranched alkanes of at least 4 members (excludes halogenated alkanes) is 15. The van der Waals surface area contributed by atoms with Gasteiger partial charge in [0.2, 0.25) is 5.24 Å². The van der Waals surface area contributed by atoms with Crippen LogP contribution in [-0.2, 0) is 4.79 Å². The van der Waals surface area contributed by atoms with Crippen molar-refractivity contribution in [3.8, 4) is 0 Å². The molecule has 0 aromatic rings. The third-order valence-corrected chi connectivity index (χ3v) is 4.82. The molecule has 2 heteroatoms. The molecule has 0 bridgehead atoms. The van der Waals surface area contributed by atoms with Crippen LogP contribution in [0.2, 0.25) is 0 Å². The van der Waals surface area contributed by atoms with Gasteiger partial charge in [-0.1, -0.05) is 96.1 Å². The summed E-state index contributed by atoms with van der Waals surface area (Å²) in [5.74, 6) is 0. The van der Waals surface area contributed by atoms with Crippen molar-refractivity contribution >= 4 is 16.8 Å². The van der Waals surface area contributed by atoms with Crippen LogP contribution in [0.15, 0.2) is 12.2 Å². The molecule has 0 aliphatic rings. The Labute approximate surface area is 156 Å². The van der Waals surface area contributed by atoms with Crippen molar-refractivity contribution in [2.75, 3.05) is 0 Å². The number of hydrogen-bond donors (Lipinski definition) is 0. The summed E-state index contributed by atoms with van der Waals surface area (Å²) in [6.07, 6.45) is 27.8. The Hall–Kier alpha value is -0.300. The molecule has 0 aliphatic heterocycles. The second-order valence-corrected chi connectivity index (χ2v) is 7.53. The summed E-state index contributed by atoms with van der Waals surface area (Å²) >= 11 is 5.32. The van der Waals surface area contributed by atoms with Crippen LogP contribution in [0, 0.1) is 0 Å². The summed E-state index contributed by atoms with van der Waals surface area (Å²) < 4.78 is 0. The van der Waals surface area contributed by atoms with Crippen LogP contribution in [0.4, 0.5) is 0 Å². The first-order chi connectivity index (χ1) is 11.8. The van der Waals surface area contributed by atoms with Crippen molar-refractivity contribution < 1.29 is 4.79 Å². The standard InChI is InChI=1S/C22H41ClO/c1-2-3-4-5-6-7-8-9-10-11-12-13-14-15-16-17-18-19-20-21-22(23)24/h8-9H,2-7,10-21H2,1H3/b9-8+. The number of carbonyl (C=O) groups excluding carboxylic acids is 1. The number of allylic oxidation sites excluding steroid dienone is 2. The zero-order valence-electron chi connectivity index (χ0n) is 16.2. The highest BCUT2D eigenvalue weighted by molar-refractivity contribution is 6.63. The van der Waals surface area contributed by atoms with Gasteiger partial charge in [-0.3, -0.25) is 4.79 Å². The first kappa shape index (κ1) is 23.7. The largest absolute Gasteiger partial charge is 0.281 e. The lowest BCUT2D eigenvalue weighted by molar-refractivity contribution is -0.111. The van der Waals surface area contributed by atoms with E-state index in [-0.39, 0.29) is 5.24 Å². The third kappa shape index (κ3) is 21.7. The molecule has 0 heterocycles. The normalized spacial score (nSPS) is 11.4. The fraction of sp³-hybridized carbons (Fsp3) is 0.864. The van der Waals surface area contributed by atoms with Gasteiger partial charge in [-0.25, -0.2) is 0 Å². The second-order valence-electron chi connectivity index (χ2n) is 7.10. The maximum absolute atomic E-state index is 10.6. The van der Waals surface area contributed by atoms with Gasteiger partial charge in [0.1, 0.15) is 0 Å². The summed E-state index contributed by atoms with van der Waals surface area (Å²) in [5, 5.41) is -0.184. The molecule has 0 unspecified atom stereocenters. The van der Waals surface area contributed by atoms with E-state index in [2.05, 4.69) is 19.1 Å². The van der Waals surface area contributed by atoms with Crippen LogP contribution in [0.25, 0.3) is 0 Å². The van der Waals surface area contributed by atoms with E-state index in [1.807, 2.05) is 0 Å². The highest BCUT2D eigenvalue weighted by Crippen LogP contribution is 2.13. The van der Waals surface area contributed by atoms with E-state index in [0.29, 0.717) is 6.42 Å². The van der Waals surface area contributed by atoms with Crippen LogP contribution in [0.1, 0.15) is 122 Å². The van der Waals surface area contributed by atoms with E-state index >= 15 is 0 Å². The molecule has 0 rings (SSSR count). The number of carbonyl (C=O) groups is 1. The topological polar surface area (TPSA) is 17.1 Å². The molecule has 0 fully saturated rings. The Bertz CT molecular complexity index is 286. The molecule has 0 radical (unpaired) electrons. The van der Waals surface area contributed by atoms with Gasteiger partial charge in [-0.15, -0.1) is 0 Å². The molecular formula is C22H41ClO. The Kier molecular flexibility index (Phi) is 20.5. The van der Waals surface area contributed by atoms with Gasteiger partial charge in [0.05, 0.1) is 0 Å². The fourth-order valence-corrected chi connectivity index (χ4v) is 3.18. The fourth-order valence-electron chi connectivity index (χ4n) is 3.04. The predicted octanol–water partition coefficient (Wildman–Crippen LogP) is 8.35. The van der Waals surface area contributed by atoms with Crippen molar-refractivity contribution in [3.05, 3.63) is 12.2 Å². The lowest BCUT2D eigenvalue weighted by Crippen LogP contribution is -1.86. The molecule has 0 aliphatic carbocycles. The molecule has 0 amide bonds. The van der Waals surface area contributed by atoms with Gasteiger partial charge >= 0.3 is 0 Å². The minimum Gasteiger partial charge on any atom is -0.281 e. The molecule has 0 spiro atoms. The highest BCUT2D eigenvalue weighted by atomic mass is 35.5. The first-order valence-corrected chi connectivity index (χ1v) is 11.0. The van der Waals surface area contributed by atoms with Crippen molar-refractivity contribution in [3.63, 3.8) is 0 Å². The molecular weight excluding hydrogens is 316 g/mol. The Morgan fingerprint density at radius 1 is 0.625 bits per heavy atom. The van der Waals surface area contributed by atoms with E-state index in [9.17, 15) is 4.79 Å². The zero-order valence-corrected chi connectivity index (χ0v) is 16.9. The summed E-state index contributed by atoms with van der Waals surface area (Å²) in [7, 11) is 0. The molecule has 0 N–H and O–H groups in total. The second kappa shape index (κ2) is 20.7. The van der Waals surface area contributed by atoms with Gasteiger partial charge in [0.15, 0.2) is 0 Å². The highest BCUT2D eigenvalue weighted by Gasteiger charge is 1.96. The average molecular weight is 357 g/mol. The maximum Gasteiger partial charge on any atom is 0.221 e.